The normalized spacial score (nSPS) is 10.3. The Labute approximate surface area is 105 Å². The van der Waals surface area contributed by atoms with Crippen LogP contribution in [0.15, 0.2) is 24.7 Å². The van der Waals surface area contributed by atoms with Gasteiger partial charge in [-0.3, -0.25) is 15.1 Å². The van der Waals surface area contributed by atoms with E-state index in [0.29, 0.717) is 12.4 Å². The van der Waals surface area contributed by atoms with Crippen molar-refractivity contribution in [3.05, 3.63) is 30.2 Å². The Balaban J connectivity index is 1.71. The predicted molar refractivity (Wildman–Crippen MR) is 67.2 cm³/mol. The molecule has 2 aromatic heterocycles. The lowest BCUT2D eigenvalue weighted by Crippen LogP contribution is -2.30. The molecule has 2 rings (SSSR count). The summed E-state index contributed by atoms with van der Waals surface area (Å²) in [7, 11) is 0. The molecule has 0 aromatic carbocycles. The number of hydrogen-bond donors (Lipinski definition) is 3. The van der Waals surface area contributed by atoms with Crippen LogP contribution in [0, 0.1) is 0 Å². The minimum Gasteiger partial charge on any atom is -0.337 e. The lowest BCUT2D eigenvalue weighted by atomic mass is 10.2. The Hall–Kier alpha value is -2.31. The van der Waals surface area contributed by atoms with E-state index in [1.165, 1.54) is 0 Å². The van der Waals surface area contributed by atoms with Gasteiger partial charge in [-0.2, -0.15) is 10.2 Å². The van der Waals surface area contributed by atoms with E-state index >= 15 is 0 Å². The molecule has 7 nitrogen and oxygen atoms in total. The standard InChI is InChI=1S/C11H16N6O/c1-2-17-6-4-10(16-17)15-11(18)12-5-3-9-7-13-14-8-9/h4,6-8H,2-3,5H2,1H3,(H,13,14)(H2,12,15,16,18). The second-order valence-corrected chi connectivity index (χ2v) is 3.79. The zero-order valence-corrected chi connectivity index (χ0v) is 10.2. The van der Waals surface area contributed by atoms with Crippen LogP contribution in [0.25, 0.3) is 0 Å². The molecule has 96 valence electrons. The van der Waals surface area contributed by atoms with Crippen molar-refractivity contribution in [2.45, 2.75) is 19.9 Å². The van der Waals surface area contributed by atoms with Crippen molar-refractivity contribution in [1.29, 1.82) is 0 Å². The monoisotopic (exact) mass is 248 g/mol. The van der Waals surface area contributed by atoms with Gasteiger partial charge in [0.15, 0.2) is 5.82 Å². The topological polar surface area (TPSA) is 87.6 Å². The van der Waals surface area contributed by atoms with Crippen molar-refractivity contribution in [3.8, 4) is 0 Å². The maximum absolute atomic E-state index is 11.5. The van der Waals surface area contributed by atoms with Gasteiger partial charge >= 0.3 is 6.03 Å². The van der Waals surface area contributed by atoms with Crippen LogP contribution in [0.5, 0.6) is 0 Å². The molecule has 0 aliphatic heterocycles. The number of anilines is 1. The summed E-state index contributed by atoms with van der Waals surface area (Å²) in [4.78, 5) is 11.5. The summed E-state index contributed by atoms with van der Waals surface area (Å²) in [6.07, 6.45) is 6.11. The van der Waals surface area contributed by atoms with Crippen molar-refractivity contribution >= 4 is 11.8 Å². The number of urea groups is 1. The minimum atomic E-state index is -0.250. The smallest absolute Gasteiger partial charge is 0.320 e. The number of aromatic amines is 1. The number of amides is 2. The molecular weight excluding hydrogens is 232 g/mol. The van der Waals surface area contributed by atoms with Gasteiger partial charge in [-0.1, -0.05) is 0 Å². The fraction of sp³-hybridized carbons (Fsp3) is 0.364. The molecule has 0 spiro atoms. The maximum Gasteiger partial charge on any atom is 0.320 e. The van der Waals surface area contributed by atoms with Gasteiger partial charge in [0, 0.05) is 31.5 Å². The number of aromatic nitrogens is 4. The highest BCUT2D eigenvalue weighted by molar-refractivity contribution is 5.88. The highest BCUT2D eigenvalue weighted by Gasteiger charge is 2.03. The third kappa shape index (κ3) is 3.34. The van der Waals surface area contributed by atoms with E-state index in [4.69, 9.17) is 0 Å². The number of hydrogen-bond acceptors (Lipinski definition) is 3. The van der Waals surface area contributed by atoms with E-state index in [0.717, 1.165) is 18.5 Å². The lowest BCUT2D eigenvalue weighted by molar-refractivity contribution is 0.252. The third-order valence-electron chi connectivity index (χ3n) is 2.46. The van der Waals surface area contributed by atoms with Crippen LogP contribution >= 0.6 is 0 Å². The van der Waals surface area contributed by atoms with Gasteiger partial charge in [0.05, 0.1) is 6.20 Å². The first-order chi connectivity index (χ1) is 8.78. The molecule has 0 radical (unpaired) electrons. The summed E-state index contributed by atoms with van der Waals surface area (Å²) in [5.41, 5.74) is 1.06. The van der Waals surface area contributed by atoms with Crippen LogP contribution in [0.1, 0.15) is 12.5 Å². The molecule has 18 heavy (non-hydrogen) atoms. The highest BCUT2D eigenvalue weighted by atomic mass is 16.2. The van der Waals surface area contributed by atoms with Crippen molar-refractivity contribution in [3.63, 3.8) is 0 Å². The highest BCUT2D eigenvalue weighted by Crippen LogP contribution is 2.01. The molecule has 2 amide bonds. The van der Waals surface area contributed by atoms with Gasteiger partial charge in [0.2, 0.25) is 0 Å². The second kappa shape index (κ2) is 5.85. The predicted octanol–water partition coefficient (Wildman–Crippen LogP) is 0.990. The van der Waals surface area contributed by atoms with Gasteiger partial charge in [0.1, 0.15) is 0 Å². The molecule has 0 saturated carbocycles. The van der Waals surface area contributed by atoms with Crippen molar-refractivity contribution in [1.82, 2.24) is 25.3 Å². The quantitative estimate of drug-likeness (QED) is 0.737. The molecular formula is C11H16N6O. The number of aryl methyl sites for hydroxylation is 1. The average molecular weight is 248 g/mol. The van der Waals surface area contributed by atoms with E-state index in [1.54, 1.807) is 16.9 Å². The lowest BCUT2D eigenvalue weighted by Gasteiger charge is -2.04. The molecule has 0 saturated heterocycles. The first-order valence-electron chi connectivity index (χ1n) is 5.84. The Bertz CT molecular complexity index is 489. The molecule has 2 aromatic rings. The van der Waals surface area contributed by atoms with E-state index in [9.17, 15) is 4.79 Å². The van der Waals surface area contributed by atoms with Crippen LogP contribution in [-0.2, 0) is 13.0 Å². The van der Waals surface area contributed by atoms with Crippen molar-refractivity contribution in [2.75, 3.05) is 11.9 Å². The van der Waals surface area contributed by atoms with Crippen LogP contribution in [0.3, 0.4) is 0 Å². The number of H-pyrrole nitrogens is 1. The zero-order chi connectivity index (χ0) is 12.8. The minimum absolute atomic E-state index is 0.250. The molecule has 0 aliphatic carbocycles. The fourth-order valence-corrected chi connectivity index (χ4v) is 1.50. The molecule has 0 atom stereocenters. The molecule has 0 bridgehead atoms. The Morgan fingerprint density at radius 3 is 3.11 bits per heavy atom. The van der Waals surface area contributed by atoms with E-state index < -0.39 is 0 Å². The van der Waals surface area contributed by atoms with E-state index in [2.05, 4.69) is 25.9 Å². The van der Waals surface area contributed by atoms with E-state index in [1.807, 2.05) is 19.3 Å². The van der Waals surface area contributed by atoms with Gasteiger partial charge in [-0.05, 0) is 18.9 Å². The number of carbonyl (C=O) groups is 1. The summed E-state index contributed by atoms with van der Waals surface area (Å²) >= 11 is 0. The Kier molecular flexibility index (Phi) is 3.95. The summed E-state index contributed by atoms with van der Waals surface area (Å²) in [6.45, 7) is 3.32. The SMILES string of the molecule is CCn1ccc(NC(=O)NCCc2cn[nH]c2)n1. The summed E-state index contributed by atoms with van der Waals surface area (Å²) in [6, 6.07) is 1.51. The Morgan fingerprint density at radius 2 is 2.44 bits per heavy atom. The van der Waals surface area contributed by atoms with Gasteiger partial charge in [-0.25, -0.2) is 4.79 Å². The van der Waals surface area contributed by atoms with E-state index in [-0.39, 0.29) is 6.03 Å². The van der Waals surface area contributed by atoms with Crippen LogP contribution in [0.2, 0.25) is 0 Å². The number of nitrogens with zero attached hydrogens (tertiary/aromatic N) is 3. The molecule has 2 heterocycles. The zero-order valence-electron chi connectivity index (χ0n) is 10.2. The van der Waals surface area contributed by atoms with Gasteiger partial charge in [0.25, 0.3) is 0 Å². The number of rotatable bonds is 5. The molecule has 3 N–H and O–H groups in total. The van der Waals surface area contributed by atoms with Crippen molar-refractivity contribution in [2.24, 2.45) is 0 Å². The van der Waals surface area contributed by atoms with Crippen LogP contribution in [0.4, 0.5) is 10.6 Å². The first-order valence-corrected chi connectivity index (χ1v) is 5.84. The Morgan fingerprint density at radius 1 is 1.56 bits per heavy atom. The van der Waals surface area contributed by atoms with Gasteiger partial charge < -0.3 is 5.32 Å². The number of carbonyl (C=O) groups excluding carboxylic acids is 1. The second-order valence-electron chi connectivity index (χ2n) is 3.79. The van der Waals surface area contributed by atoms with Crippen LogP contribution in [-0.4, -0.2) is 32.6 Å². The molecule has 7 heteroatoms. The number of nitrogens with one attached hydrogen (secondary N) is 3. The van der Waals surface area contributed by atoms with Crippen LogP contribution < -0.4 is 10.6 Å². The molecule has 0 fully saturated rings. The van der Waals surface area contributed by atoms with Crippen molar-refractivity contribution < 1.29 is 4.79 Å². The summed E-state index contributed by atoms with van der Waals surface area (Å²) in [5.74, 6) is 0.553. The average Bonchev–Trinajstić information content (AvgIpc) is 3.00. The fourth-order valence-electron chi connectivity index (χ4n) is 1.50. The summed E-state index contributed by atoms with van der Waals surface area (Å²) in [5, 5.41) is 16.1. The third-order valence-corrected chi connectivity index (χ3v) is 2.46. The largest absolute Gasteiger partial charge is 0.337 e. The maximum atomic E-state index is 11.5. The summed E-state index contributed by atoms with van der Waals surface area (Å²) < 4.78 is 1.75. The van der Waals surface area contributed by atoms with Gasteiger partial charge in [-0.15, -0.1) is 0 Å². The molecule has 0 aliphatic rings. The molecule has 0 unspecified atom stereocenters. The first kappa shape index (κ1) is 12.2.